The number of likely N-dealkylation sites (tertiary alicyclic amines) is 1. The summed E-state index contributed by atoms with van der Waals surface area (Å²) >= 11 is 1.50. The SMILES string of the molecule is Cc1cccc(N=C(N)SCc2ccc(C(=O)N3CCCC3)cc2)c1.Cl. The van der Waals surface area contributed by atoms with Gasteiger partial charge in [0.25, 0.3) is 5.91 Å². The number of amidine groups is 1. The molecule has 2 N–H and O–H groups in total. The Bertz CT molecular complexity index is 771. The first kappa shape index (κ1) is 20.3. The van der Waals surface area contributed by atoms with E-state index in [0.29, 0.717) is 5.17 Å². The summed E-state index contributed by atoms with van der Waals surface area (Å²) in [6, 6.07) is 15.8. The Kier molecular flexibility index (Phi) is 7.54. The predicted octanol–water partition coefficient (Wildman–Crippen LogP) is 4.53. The zero-order valence-electron chi connectivity index (χ0n) is 14.9. The molecular formula is C20H24ClN3OS. The molecule has 2 aromatic rings. The van der Waals surface area contributed by atoms with E-state index in [2.05, 4.69) is 4.99 Å². The first-order valence-electron chi connectivity index (χ1n) is 8.54. The maximum absolute atomic E-state index is 12.3. The molecule has 0 atom stereocenters. The predicted molar refractivity (Wildman–Crippen MR) is 113 cm³/mol. The van der Waals surface area contributed by atoms with Gasteiger partial charge in [-0.25, -0.2) is 4.99 Å². The number of rotatable bonds is 4. The monoisotopic (exact) mass is 389 g/mol. The van der Waals surface area contributed by atoms with Crippen molar-refractivity contribution in [3.8, 4) is 0 Å². The van der Waals surface area contributed by atoms with E-state index in [0.717, 1.165) is 54.1 Å². The summed E-state index contributed by atoms with van der Waals surface area (Å²) < 4.78 is 0. The number of carbonyl (C=O) groups is 1. The number of carbonyl (C=O) groups excluding carboxylic acids is 1. The van der Waals surface area contributed by atoms with Gasteiger partial charge < -0.3 is 10.6 Å². The van der Waals surface area contributed by atoms with E-state index in [1.54, 1.807) is 0 Å². The summed E-state index contributed by atoms with van der Waals surface area (Å²) in [4.78, 5) is 18.7. The lowest BCUT2D eigenvalue weighted by Gasteiger charge is -2.15. The Morgan fingerprint density at radius 3 is 2.50 bits per heavy atom. The third-order valence-electron chi connectivity index (χ3n) is 4.22. The van der Waals surface area contributed by atoms with E-state index < -0.39 is 0 Å². The molecule has 1 amide bonds. The molecule has 1 saturated heterocycles. The minimum absolute atomic E-state index is 0. The van der Waals surface area contributed by atoms with Crippen LogP contribution in [0.15, 0.2) is 53.5 Å². The first-order valence-corrected chi connectivity index (χ1v) is 9.52. The molecule has 6 heteroatoms. The number of nitrogens with two attached hydrogens (primary N) is 1. The minimum Gasteiger partial charge on any atom is -0.378 e. The Hall–Kier alpha value is -1.98. The lowest BCUT2D eigenvalue weighted by Crippen LogP contribution is -2.27. The van der Waals surface area contributed by atoms with E-state index in [1.807, 2.05) is 60.4 Å². The normalized spacial score (nSPS) is 14.2. The highest BCUT2D eigenvalue weighted by Crippen LogP contribution is 2.19. The molecule has 0 radical (unpaired) electrons. The molecule has 0 spiro atoms. The number of benzene rings is 2. The summed E-state index contributed by atoms with van der Waals surface area (Å²) in [5.74, 6) is 0.872. The van der Waals surface area contributed by atoms with Gasteiger partial charge in [0.1, 0.15) is 0 Å². The quantitative estimate of drug-likeness (QED) is 0.617. The van der Waals surface area contributed by atoms with Crippen molar-refractivity contribution in [1.29, 1.82) is 0 Å². The molecule has 4 nitrogen and oxygen atoms in total. The van der Waals surface area contributed by atoms with Crippen LogP contribution in [0.5, 0.6) is 0 Å². The third-order valence-corrected chi connectivity index (χ3v) is 5.09. The number of amides is 1. The van der Waals surface area contributed by atoms with Gasteiger partial charge in [0.05, 0.1) is 5.69 Å². The van der Waals surface area contributed by atoms with Gasteiger partial charge in [-0.2, -0.15) is 0 Å². The minimum atomic E-state index is 0. The third kappa shape index (κ3) is 5.51. The van der Waals surface area contributed by atoms with E-state index >= 15 is 0 Å². The van der Waals surface area contributed by atoms with Crippen LogP contribution in [0.3, 0.4) is 0 Å². The summed E-state index contributed by atoms with van der Waals surface area (Å²) in [6.45, 7) is 3.79. The lowest BCUT2D eigenvalue weighted by atomic mass is 10.1. The van der Waals surface area contributed by atoms with Crippen LogP contribution in [0.4, 0.5) is 5.69 Å². The smallest absolute Gasteiger partial charge is 0.253 e. The summed E-state index contributed by atoms with van der Waals surface area (Å²) in [6.07, 6.45) is 2.22. The second kappa shape index (κ2) is 9.64. The van der Waals surface area contributed by atoms with E-state index in [4.69, 9.17) is 5.73 Å². The zero-order chi connectivity index (χ0) is 17.6. The van der Waals surface area contributed by atoms with Crippen LogP contribution in [0.25, 0.3) is 0 Å². The Morgan fingerprint density at radius 1 is 1.15 bits per heavy atom. The van der Waals surface area contributed by atoms with E-state index in [9.17, 15) is 4.79 Å². The van der Waals surface area contributed by atoms with Crippen LogP contribution in [0.1, 0.15) is 34.3 Å². The molecule has 138 valence electrons. The highest BCUT2D eigenvalue weighted by Gasteiger charge is 2.19. The van der Waals surface area contributed by atoms with Gasteiger partial charge in [0, 0.05) is 24.4 Å². The number of nitrogens with zero attached hydrogens (tertiary/aromatic N) is 2. The lowest BCUT2D eigenvalue weighted by molar-refractivity contribution is 0.0793. The second-order valence-corrected chi connectivity index (χ2v) is 7.27. The second-order valence-electron chi connectivity index (χ2n) is 6.27. The van der Waals surface area contributed by atoms with Crippen LogP contribution < -0.4 is 5.73 Å². The van der Waals surface area contributed by atoms with Crippen molar-refractivity contribution >= 4 is 40.9 Å². The number of thioether (sulfide) groups is 1. The molecule has 0 saturated carbocycles. The Labute approximate surface area is 165 Å². The highest BCUT2D eigenvalue weighted by atomic mass is 35.5. The molecular weight excluding hydrogens is 366 g/mol. The van der Waals surface area contributed by atoms with Gasteiger partial charge in [-0.3, -0.25) is 4.79 Å². The summed E-state index contributed by atoms with van der Waals surface area (Å²) in [7, 11) is 0. The van der Waals surface area contributed by atoms with Crippen LogP contribution in [-0.4, -0.2) is 29.1 Å². The Balaban J connectivity index is 0.00000243. The molecule has 0 aliphatic carbocycles. The summed E-state index contributed by atoms with van der Waals surface area (Å²) in [5, 5.41) is 0.544. The standard InChI is InChI=1S/C20H23N3OS.ClH/c1-15-5-4-6-18(13-15)22-20(21)25-14-16-7-9-17(10-8-16)19(24)23-11-2-3-12-23;/h4-10,13H,2-3,11-12,14H2,1H3,(H2,21,22);1H. The molecule has 1 heterocycles. The highest BCUT2D eigenvalue weighted by molar-refractivity contribution is 8.13. The largest absolute Gasteiger partial charge is 0.378 e. The first-order chi connectivity index (χ1) is 12.1. The number of halogens is 1. The van der Waals surface area contributed by atoms with E-state index in [-0.39, 0.29) is 18.3 Å². The van der Waals surface area contributed by atoms with Crippen molar-refractivity contribution in [3.05, 3.63) is 65.2 Å². The molecule has 1 fully saturated rings. The topological polar surface area (TPSA) is 58.7 Å². The van der Waals surface area contributed by atoms with Crippen LogP contribution in [-0.2, 0) is 5.75 Å². The summed E-state index contributed by atoms with van der Waals surface area (Å²) in [5.41, 5.74) is 9.94. The van der Waals surface area contributed by atoms with Crippen LogP contribution in [0, 0.1) is 6.92 Å². The van der Waals surface area contributed by atoms with Gasteiger partial charge in [0.15, 0.2) is 5.17 Å². The maximum atomic E-state index is 12.3. The van der Waals surface area contributed by atoms with Crippen molar-refractivity contribution < 1.29 is 4.79 Å². The van der Waals surface area contributed by atoms with Crippen molar-refractivity contribution in [2.45, 2.75) is 25.5 Å². The molecule has 1 aliphatic heterocycles. The fourth-order valence-corrected chi connectivity index (χ4v) is 3.54. The fraction of sp³-hybridized carbons (Fsp3) is 0.300. The zero-order valence-corrected chi connectivity index (χ0v) is 16.5. The average Bonchev–Trinajstić information content (AvgIpc) is 3.14. The number of aryl methyl sites for hydroxylation is 1. The molecule has 3 rings (SSSR count). The molecule has 0 unspecified atom stereocenters. The van der Waals surface area contributed by atoms with Gasteiger partial charge in [0.2, 0.25) is 0 Å². The molecule has 26 heavy (non-hydrogen) atoms. The van der Waals surface area contributed by atoms with Gasteiger partial charge in [-0.05, 0) is 55.2 Å². The fourth-order valence-electron chi connectivity index (χ4n) is 2.86. The van der Waals surface area contributed by atoms with Crippen LogP contribution in [0.2, 0.25) is 0 Å². The van der Waals surface area contributed by atoms with Gasteiger partial charge >= 0.3 is 0 Å². The number of aliphatic imine (C=N–C) groups is 1. The maximum Gasteiger partial charge on any atom is 0.253 e. The van der Waals surface area contributed by atoms with Crippen molar-refractivity contribution in [2.24, 2.45) is 10.7 Å². The average molecular weight is 390 g/mol. The van der Waals surface area contributed by atoms with Crippen molar-refractivity contribution in [1.82, 2.24) is 4.90 Å². The van der Waals surface area contributed by atoms with Gasteiger partial charge in [-0.1, -0.05) is 36.0 Å². The Morgan fingerprint density at radius 2 is 1.85 bits per heavy atom. The number of hydrogen-bond acceptors (Lipinski definition) is 3. The van der Waals surface area contributed by atoms with Crippen LogP contribution >= 0.6 is 24.2 Å². The van der Waals surface area contributed by atoms with Crippen molar-refractivity contribution in [2.75, 3.05) is 13.1 Å². The van der Waals surface area contributed by atoms with Gasteiger partial charge in [-0.15, -0.1) is 12.4 Å². The molecule has 0 bridgehead atoms. The molecule has 1 aliphatic rings. The molecule has 0 aromatic heterocycles. The molecule has 2 aromatic carbocycles. The van der Waals surface area contributed by atoms with E-state index in [1.165, 1.54) is 11.8 Å². The number of hydrogen-bond donors (Lipinski definition) is 1. The van der Waals surface area contributed by atoms with Crippen molar-refractivity contribution in [3.63, 3.8) is 0 Å².